The maximum absolute atomic E-state index is 8.91. The Morgan fingerprint density at radius 1 is 1.21 bits per heavy atom. The fourth-order valence-electron chi connectivity index (χ4n) is 2.34. The van der Waals surface area contributed by atoms with Crippen LogP contribution in [0.4, 0.5) is 0 Å². The van der Waals surface area contributed by atoms with Gasteiger partial charge in [0, 0.05) is 36.0 Å². The lowest BCUT2D eigenvalue weighted by Crippen LogP contribution is -2.06. The Balaban J connectivity index is 2.00. The highest BCUT2D eigenvalue weighted by atomic mass is 15.1. The van der Waals surface area contributed by atoms with Gasteiger partial charge in [0.05, 0.1) is 18.2 Å². The highest BCUT2D eigenvalue weighted by Crippen LogP contribution is 2.18. The molecule has 4 heteroatoms. The second-order valence-electron chi connectivity index (χ2n) is 4.46. The summed E-state index contributed by atoms with van der Waals surface area (Å²) in [4.78, 5) is 4.39. The highest BCUT2D eigenvalue weighted by Gasteiger charge is 2.06. The SMILES string of the molecule is CCn1ccnc1Cn1ccc2cc(C#N)ccc21. The molecule has 0 bridgehead atoms. The van der Waals surface area contributed by atoms with Gasteiger partial charge in [0.15, 0.2) is 0 Å². The summed E-state index contributed by atoms with van der Waals surface area (Å²) < 4.78 is 4.29. The fourth-order valence-corrected chi connectivity index (χ4v) is 2.34. The molecule has 19 heavy (non-hydrogen) atoms. The predicted molar refractivity (Wildman–Crippen MR) is 73.7 cm³/mol. The van der Waals surface area contributed by atoms with Gasteiger partial charge in [-0.05, 0) is 31.2 Å². The molecule has 2 aromatic heterocycles. The molecule has 3 aromatic rings. The fraction of sp³-hybridized carbons (Fsp3) is 0.200. The summed E-state index contributed by atoms with van der Waals surface area (Å²) in [5, 5.41) is 10.0. The van der Waals surface area contributed by atoms with Crippen molar-refractivity contribution in [1.82, 2.24) is 14.1 Å². The van der Waals surface area contributed by atoms with Gasteiger partial charge in [-0.25, -0.2) is 4.98 Å². The second-order valence-corrected chi connectivity index (χ2v) is 4.46. The molecule has 0 fully saturated rings. The van der Waals surface area contributed by atoms with E-state index in [1.165, 1.54) is 0 Å². The van der Waals surface area contributed by atoms with Crippen LogP contribution in [0.1, 0.15) is 18.3 Å². The van der Waals surface area contributed by atoms with Gasteiger partial charge in [-0.2, -0.15) is 5.26 Å². The molecule has 0 saturated heterocycles. The number of aryl methyl sites for hydroxylation is 1. The first-order valence-electron chi connectivity index (χ1n) is 6.31. The Kier molecular flexibility index (Phi) is 2.81. The maximum atomic E-state index is 8.91. The molecule has 3 rings (SSSR count). The summed E-state index contributed by atoms with van der Waals surface area (Å²) in [7, 11) is 0. The molecule has 0 aliphatic rings. The third-order valence-electron chi connectivity index (χ3n) is 3.35. The Bertz CT molecular complexity index is 758. The molecule has 94 valence electrons. The standard InChI is InChI=1S/C15H14N4/c1-2-18-8-6-17-15(18)11-19-7-5-13-9-12(10-16)3-4-14(13)19/h3-9H,2,11H2,1H3. The lowest BCUT2D eigenvalue weighted by atomic mass is 10.2. The van der Waals surface area contributed by atoms with Crippen molar-refractivity contribution < 1.29 is 0 Å². The first-order valence-corrected chi connectivity index (χ1v) is 6.31. The molecule has 0 radical (unpaired) electrons. The van der Waals surface area contributed by atoms with Crippen molar-refractivity contribution in [2.24, 2.45) is 0 Å². The van der Waals surface area contributed by atoms with E-state index >= 15 is 0 Å². The minimum absolute atomic E-state index is 0.695. The van der Waals surface area contributed by atoms with Crippen molar-refractivity contribution >= 4 is 10.9 Å². The number of aromatic nitrogens is 3. The molecule has 0 N–H and O–H groups in total. The van der Waals surface area contributed by atoms with Gasteiger partial charge < -0.3 is 9.13 Å². The zero-order chi connectivity index (χ0) is 13.2. The number of benzene rings is 1. The van der Waals surface area contributed by atoms with Gasteiger partial charge in [0.25, 0.3) is 0 Å². The highest BCUT2D eigenvalue weighted by molar-refractivity contribution is 5.81. The van der Waals surface area contributed by atoms with Gasteiger partial charge in [0.2, 0.25) is 0 Å². The second kappa shape index (κ2) is 4.62. The van der Waals surface area contributed by atoms with Crippen LogP contribution in [0.25, 0.3) is 10.9 Å². The molecule has 0 aliphatic heterocycles. The van der Waals surface area contributed by atoms with Crippen LogP contribution < -0.4 is 0 Å². The average molecular weight is 250 g/mol. The Morgan fingerprint density at radius 2 is 2.11 bits per heavy atom. The number of rotatable bonds is 3. The Morgan fingerprint density at radius 3 is 2.89 bits per heavy atom. The first-order chi connectivity index (χ1) is 9.31. The van der Waals surface area contributed by atoms with Crippen molar-refractivity contribution in [2.75, 3.05) is 0 Å². The first kappa shape index (κ1) is 11.5. The maximum Gasteiger partial charge on any atom is 0.128 e. The normalized spacial score (nSPS) is 10.7. The number of hydrogen-bond acceptors (Lipinski definition) is 2. The van der Waals surface area contributed by atoms with E-state index in [0.29, 0.717) is 5.56 Å². The third kappa shape index (κ3) is 2.00. The quantitative estimate of drug-likeness (QED) is 0.717. The summed E-state index contributed by atoms with van der Waals surface area (Å²) in [6, 6.07) is 9.96. The van der Waals surface area contributed by atoms with Gasteiger partial charge in [-0.15, -0.1) is 0 Å². The van der Waals surface area contributed by atoms with Crippen LogP contribution >= 0.6 is 0 Å². The average Bonchev–Trinajstić information content (AvgIpc) is 3.05. The predicted octanol–water partition coefficient (Wildman–Crippen LogP) is 2.78. The number of hydrogen-bond donors (Lipinski definition) is 0. The van der Waals surface area contributed by atoms with Crippen molar-refractivity contribution in [1.29, 1.82) is 5.26 Å². The topological polar surface area (TPSA) is 46.5 Å². The Hall–Kier alpha value is -2.54. The molecule has 0 saturated carbocycles. The smallest absolute Gasteiger partial charge is 0.128 e. The van der Waals surface area contributed by atoms with Crippen LogP contribution in [0.15, 0.2) is 42.9 Å². The van der Waals surface area contributed by atoms with Crippen molar-refractivity contribution in [3.63, 3.8) is 0 Å². The zero-order valence-corrected chi connectivity index (χ0v) is 10.7. The minimum Gasteiger partial charge on any atom is -0.340 e. The van der Waals surface area contributed by atoms with Crippen molar-refractivity contribution in [2.45, 2.75) is 20.0 Å². The molecule has 2 heterocycles. The lowest BCUT2D eigenvalue weighted by molar-refractivity contribution is 0.662. The van der Waals surface area contributed by atoms with E-state index in [9.17, 15) is 0 Å². The van der Waals surface area contributed by atoms with Gasteiger partial charge in [-0.1, -0.05) is 0 Å². The van der Waals surface area contributed by atoms with E-state index < -0.39 is 0 Å². The summed E-state index contributed by atoms with van der Waals surface area (Å²) in [5.41, 5.74) is 1.82. The van der Waals surface area contributed by atoms with Crippen LogP contribution in [-0.2, 0) is 13.1 Å². The Labute approximate surface area is 111 Å². The van der Waals surface area contributed by atoms with Crippen molar-refractivity contribution in [3.8, 4) is 6.07 Å². The third-order valence-corrected chi connectivity index (χ3v) is 3.35. The largest absolute Gasteiger partial charge is 0.340 e. The van der Waals surface area contributed by atoms with Crippen LogP contribution in [0.2, 0.25) is 0 Å². The summed E-state index contributed by atoms with van der Waals surface area (Å²) >= 11 is 0. The van der Waals surface area contributed by atoms with Gasteiger partial charge in [0.1, 0.15) is 5.82 Å². The van der Waals surface area contributed by atoms with Gasteiger partial charge in [-0.3, -0.25) is 0 Å². The van der Waals surface area contributed by atoms with E-state index in [1.54, 1.807) is 0 Å². The van der Waals surface area contributed by atoms with E-state index in [4.69, 9.17) is 5.26 Å². The van der Waals surface area contributed by atoms with Crippen LogP contribution in [-0.4, -0.2) is 14.1 Å². The van der Waals surface area contributed by atoms with Crippen molar-refractivity contribution in [3.05, 3.63) is 54.2 Å². The van der Waals surface area contributed by atoms with E-state index in [1.807, 2.05) is 42.9 Å². The number of imidazole rings is 1. The molecule has 0 spiro atoms. The molecule has 4 nitrogen and oxygen atoms in total. The molecule has 0 aliphatic carbocycles. The van der Waals surface area contributed by atoms with Crippen LogP contribution in [0.3, 0.4) is 0 Å². The molecule has 0 atom stereocenters. The molecule has 1 aromatic carbocycles. The van der Waals surface area contributed by atoms with Gasteiger partial charge >= 0.3 is 0 Å². The monoisotopic (exact) mass is 250 g/mol. The molecular formula is C15H14N4. The zero-order valence-electron chi connectivity index (χ0n) is 10.7. The van der Waals surface area contributed by atoms with E-state index in [0.717, 1.165) is 29.8 Å². The molecule has 0 amide bonds. The number of nitriles is 1. The summed E-state index contributed by atoms with van der Waals surface area (Å²) in [5.74, 6) is 1.05. The molecule has 0 unspecified atom stereocenters. The summed E-state index contributed by atoms with van der Waals surface area (Å²) in [6.07, 6.45) is 5.87. The lowest BCUT2D eigenvalue weighted by Gasteiger charge is -2.07. The summed E-state index contributed by atoms with van der Waals surface area (Å²) in [6.45, 7) is 3.78. The molecular weight excluding hydrogens is 236 g/mol. The van der Waals surface area contributed by atoms with E-state index in [2.05, 4.69) is 27.1 Å². The van der Waals surface area contributed by atoms with E-state index in [-0.39, 0.29) is 0 Å². The minimum atomic E-state index is 0.695. The number of fused-ring (bicyclic) bond motifs is 1. The van der Waals surface area contributed by atoms with Crippen LogP contribution in [0.5, 0.6) is 0 Å². The number of nitrogens with zero attached hydrogens (tertiary/aromatic N) is 4. The van der Waals surface area contributed by atoms with Crippen LogP contribution in [0, 0.1) is 11.3 Å².